The van der Waals surface area contributed by atoms with Gasteiger partial charge in [0, 0.05) is 22.1 Å². The minimum Gasteiger partial charge on any atom is -0.497 e. The Labute approximate surface area is 99.7 Å². The van der Waals surface area contributed by atoms with Gasteiger partial charge in [0.15, 0.2) is 5.78 Å². The number of Topliss-reactive ketones (excluding diaryl/α,β-unsaturated/α-hetero) is 1. The highest BCUT2D eigenvalue weighted by atomic mass is 32.2. The van der Waals surface area contributed by atoms with Crippen LogP contribution in [0.3, 0.4) is 0 Å². The van der Waals surface area contributed by atoms with Crippen LogP contribution in [0.15, 0.2) is 35.7 Å². The van der Waals surface area contributed by atoms with E-state index in [1.807, 2.05) is 24.3 Å². The highest BCUT2D eigenvalue weighted by Gasteiger charge is 2.26. The molecule has 84 valence electrons. The van der Waals surface area contributed by atoms with Crippen LogP contribution in [0, 0.1) is 5.92 Å². The van der Waals surface area contributed by atoms with Gasteiger partial charge >= 0.3 is 0 Å². The number of hydrogen-bond acceptors (Lipinski definition) is 3. The fourth-order valence-corrected chi connectivity index (χ4v) is 3.01. The number of carbonyl (C=O) groups excluding carboxylic acids is 1. The van der Waals surface area contributed by atoms with Gasteiger partial charge in [0.2, 0.25) is 0 Å². The first-order chi connectivity index (χ1) is 7.76. The molecule has 1 aliphatic heterocycles. The second kappa shape index (κ2) is 4.74. The Morgan fingerprint density at radius 3 is 3.12 bits per heavy atom. The van der Waals surface area contributed by atoms with Crippen molar-refractivity contribution in [2.24, 2.45) is 5.92 Å². The van der Waals surface area contributed by atoms with E-state index in [1.165, 1.54) is 0 Å². The summed E-state index contributed by atoms with van der Waals surface area (Å²) < 4.78 is 5.15. The smallest absolute Gasteiger partial charge is 0.168 e. The molecule has 16 heavy (non-hydrogen) atoms. The minimum absolute atomic E-state index is 0.0865. The highest BCUT2D eigenvalue weighted by molar-refractivity contribution is 7.99. The van der Waals surface area contributed by atoms with Crippen molar-refractivity contribution in [3.8, 4) is 5.75 Å². The van der Waals surface area contributed by atoms with Crippen LogP contribution >= 0.6 is 11.8 Å². The lowest BCUT2D eigenvalue weighted by Crippen LogP contribution is -2.21. The van der Waals surface area contributed by atoms with Crippen LogP contribution in [0.25, 0.3) is 0 Å². The first-order valence-electron chi connectivity index (χ1n) is 5.22. The van der Waals surface area contributed by atoms with E-state index in [4.69, 9.17) is 4.74 Å². The second-order valence-corrected chi connectivity index (χ2v) is 4.82. The van der Waals surface area contributed by atoms with Gasteiger partial charge in [0.1, 0.15) is 5.75 Å². The molecular formula is C13H14O2S. The van der Waals surface area contributed by atoms with Gasteiger partial charge in [-0.2, -0.15) is 0 Å². The topological polar surface area (TPSA) is 26.3 Å². The number of ether oxygens (including phenoxy) is 1. The second-order valence-electron chi connectivity index (χ2n) is 3.76. The Morgan fingerprint density at radius 1 is 1.62 bits per heavy atom. The minimum atomic E-state index is 0.0865. The lowest BCUT2D eigenvalue weighted by Gasteiger charge is -2.22. The highest BCUT2D eigenvalue weighted by Crippen LogP contribution is 2.36. The standard InChI is InChI=1S/C13H14O2S/c1-3-4-9-8-16-12-7-10(15-2)5-6-11(12)13(9)14/h3,5-7,9H,1,4,8H2,2H3. The predicted octanol–water partition coefficient (Wildman–Crippen LogP) is 3.18. The molecule has 0 N–H and O–H groups in total. The van der Waals surface area contributed by atoms with E-state index in [0.717, 1.165) is 28.4 Å². The van der Waals surface area contributed by atoms with E-state index in [-0.39, 0.29) is 11.7 Å². The van der Waals surface area contributed by atoms with Crippen LogP contribution in [0.5, 0.6) is 5.75 Å². The summed E-state index contributed by atoms with van der Waals surface area (Å²) in [5, 5.41) is 0. The molecule has 1 atom stereocenters. The molecule has 0 saturated carbocycles. The summed E-state index contributed by atoms with van der Waals surface area (Å²) in [7, 11) is 1.64. The molecule has 0 bridgehead atoms. The molecular weight excluding hydrogens is 220 g/mol. The molecule has 1 heterocycles. The molecule has 0 amide bonds. The summed E-state index contributed by atoms with van der Waals surface area (Å²) in [6.07, 6.45) is 2.58. The number of hydrogen-bond donors (Lipinski definition) is 0. The zero-order valence-electron chi connectivity index (χ0n) is 9.23. The summed E-state index contributed by atoms with van der Waals surface area (Å²) in [6.45, 7) is 3.69. The monoisotopic (exact) mass is 234 g/mol. The van der Waals surface area contributed by atoms with Crippen molar-refractivity contribution in [1.29, 1.82) is 0 Å². The Hall–Kier alpha value is -1.22. The first kappa shape index (κ1) is 11.3. The summed E-state index contributed by atoms with van der Waals surface area (Å²) >= 11 is 1.72. The molecule has 1 aromatic rings. The number of allylic oxidation sites excluding steroid dienone is 1. The quantitative estimate of drug-likeness (QED) is 0.751. The molecule has 0 aromatic heterocycles. The molecule has 0 fully saturated rings. The van der Waals surface area contributed by atoms with Crippen LogP contribution in [-0.2, 0) is 0 Å². The number of carbonyl (C=O) groups is 1. The van der Waals surface area contributed by atoms with E-state index in [1.54, 1.807) is 18.9 Å². The fraction of sp³-hybridized carbons (Fsp3) is 0.308. The lowest BCUT2D eigenvalue weighted by molar-refractivity contribution is 0.0928. The molecule has 1 aliphatic rings. The van der Waals surface area contributed by atoms with Crippen molar-refractivity contribution in [1.82, 2.24) is 0 Å². The SMILES string of the molecule is C=CCC1CSc2cc(OC)ccc2C1=O. The molecule has 1 aromatic carbocycles. The van der Waals surface area contributed by atoms with Crippen LogP contribution < -0.4 is 4.74 Å². The summed E-state index contributed by atoms with van der Waals surface area (Å²) in [5.41, 5.74) is 0.823. The maximum atomic E-state index is 12.1. The Balaban J connectivity index is 2.31. The van der Waals surface area contributed by atoms with E-state index in [9.17, 15) is 4.79 Å². The largest absolute Gasteiger partial charge is 0.497 e. The molecule has 2 rings (SSSR count). The normalized spacial score (nSPS) is 19.1. The average molecular weight is 234 g/mol. The van der Waals surface area contributed by atoms with Crippen molar-refractivity contribution in [3.63, 3.8) is 0 Å². The number of benzene rings is 1. The van der Waals surface area contributed by atoms with Crippen LogP contribution in [-0.4, -0.2) is 18.6 Å². The third-order valence-electron chi connectivity index (χ3n) is 2.72. The van der Waals surface area contributed by atoms with E-state index in [0.29, 0.717) is 0 Å². The van der Waals surface area contributed by atoms with E-state index in [2.05, 4.69) is 6.58 Å². The van der Waals surface area contributed by atoms with Crippen molar-refractivity contribution in [2.75, 3.05) is 12.9 Å². The van der Waals surface area contributed by atoms with Crippen molar-refractivity contribution in [3.05, 3.63) is 36.4 Å². The maximum Gasteiger partial charge on any atom is 0.168 e. The number of fused-ring (bicyclic) bond motifs is 1. The van der Waals surface area contributed by atoms with Gasteiger partial charge < -0.3 is 4.74 Å². The Morgan fingerprint density at radius 2 is 2.44 bits per heavy atom. The fourth-order valence-electron chi connectivity index (χ4n) is 1.81. The Bertz CT molecular complexity index is 426. The summed E-state index contributed by atoms with van der Waals surface area (Å²) in [5.74, 6) is 1.96. The third-order valence-corrected chi connectivity index (χ3v) is 3.93. The van der Waals surface area contributed by atoms with Gasteiger partial charge in [0.25, 0.3) is 0 Å². The number of ketones is 1. The molecule has 0 radical (unpaired) electrons. The third kappa shape index (κ3) is 2.00. The van der Waals surface area contributed by atoms with Crippen molar-refractivity contribution < 1.29 is 9.53 Å². The molecule has 0 aliphatic carbocycles. The molecule has 0 saturated heterocycles. The van der Waals surface area contributed by atoms with Crippen molar-refractivity contribution in [2.45, 2.75) is 11.3 Å². The molecule has 0 spiro atoms. The first-order valence-corrected chi connectivity index (χ1v) is 6.20. The zero-order valence-corrected chi connectivity index (χ0v) is 10.0. The van der Waals surface area contributed by atoms with Crippen LogP contribution in [0.1, 0.15) is 16.8 Å². The lowest BCUT2D eigenvalue weighted by atomic mass is 9.95. The van der Waals surface area contributed by atoms with Crippen LogP contribution in [0.4, 0.5) is 0 Å². The Kier molecular flexibility index (Phi) is 3.34. The van der Waals surface area contributed by atoms with E-state index < -0.39 is 0 Å². The van der Waals surface area contributed by atoms with E-state index >= 15 is 0 Å². The van der Waals surface area contributed by atoms with Crippen molar-refractivity contribution >= 4 is 17.5 Å². The van der Waals surface area contributed by atoms with Gasteiger partial charge in [-0.25, -0.2) is 0 Å². The molecule has 3 heteroatoms. The maximum absolute atomic E-state index is 12.1. The van der Waals surface area contributed by atoms with Gasteiger partial charge in [-0.1, -0.05) is 6.08 Å². The predicted molar refractivity (Wildman–Crippen MR) is 66.4 cm³/mol. The summed E-state index contributed by atoms with van der Waals surface area (Å²) in [4.78, 5) is 13.1. The average Bonchev–Trinajstić information content (AvgIpc) is 2.32. The van der Waals surface area contributed by atoms with Crippen LogP contribution in [0.2, 0.25) is 0 Å². The molecule has 2 nitrogen and oxygen atoms in total. The van der Waals surface area contributed by atoms with Gasteiger partial charge in [0.05, 0.1) is 7.11 Å². The molecule has 1 unspecified atom stereocenters. The summed E-state index contributed by atoms with van der Waals surface area (Å²) in [6, 6.07) is 5.63. The van der Waals surface area contributed by atoms with Gasteiger partial charge in [-0.05, 0) is 24.6 Å². The zero-order chi connectivity index (χ0) is 11.5. The number of thioether (sulfide) groups is 1. The number of rotatable bonds is 3. The van der Waals surface area contributed by atoms with Gasteiger partial charge in [-0.3, -0.25) is 4.79 Å². The number of methoxy groups -OCH3 is 1. The van der Waals surface area contributed by atoms with Gasteiger partial charge in [-0.15, -0.1) is 18.3 Å².